The van der Waals surface area contributed by atoms with Gasteiger partial charge in [-0.15, -0.1) is 11.3 Å². The van der Waals surface area contributed by atoms with E-state index in [9.17, 15) is 0 Å². The van der Waals surface area contributed by atoms with E-state index in [2.05, 4.69) is 146 Å². The summed E-state index contributed by atoms with van der Waals surface area (Å²) < 4.78 is 4.66. The number of pyridine rings is 1. The fraction of sp³-hybridized carbons (Fsp3) is 0.106. The van der Waals surface area contributed by atoms with Gasteiger partial charge >= 0.3 is 0 Å². The number of thiophene rings is 1. The van der Waals surface area contributed by atoms with Gasteiger partial charge in [-0.25, -0.2) is 19.9 Å². The van der Waals surface area contributed by atoms with Crippen molar-refractivity contribution in [1.82, 2.24) is 24.5 Å². The van der Waals surface area contributed by atoms with Gasteiger partial charge in [-0.05, 0) is 71.5 Å². The lowest BCUT2D eigenvalue weighted by molar-refractivity contribution is 0.661. The van der Waals surface area contributed by atoms with Gasteiger partial charge in [0.2, 0.25) is 0 Å². The Morgan fingerprint density at radius 3 is 2.26 bits per heavy atom. The number of hydrogen-bond donors (Lipinski definition) is 0. The molecule has 6 heteroatoms. The third-order valence-corrected chi connectivity index (χ3v) is 12.3. The molecule has 11 rings (SSSR count). The minimum atomic E-state index is -0.200. The summed E-state index contributed by atoms with van der Waals surface area (Å²) >= 11 is 1.80. The van der Waals surface area contributed by atoms with Crippen molar-refractivity contribution in [2.75, 3.05) is 0 Å². The number of benzene rings is 5. The second-order valence-corrected chi connectivity index (χ2v) is 15.6. The first kappa shape index (κ1) is 30.4. The Balaban J connectivity index is 1.12. The molecular formula is C47H33N5S. The number of allylic oxidation sites excluding steroid dienone is 4. The van der Waals surface area contributed by atoms with Crippen LogP contribution in [0.5, 0.6) is 0 Å². The minimum Gasteiger partial charge on any atom is -0.294 e. The van der Waals surface area contributed by atoms with E-state index in [1.807, 2.05) is 12.3 Å². The normalized spacial score (nSPS) is 14.6. The van der Waals surface area contributed by atoms with Crippen molar-refractivity contribution in [3.63, 3.8) is 0 Å². The fourth-order valence-electron chi connectivity index (χ4n) is 8.72. The number of para-hydroxylation sites is 1. The molecule has 0 unspecified atom stereocenters. The molecule has 0 aliphatic heterocycles. The Morgan fingerprint density at radius 2 is 1.36 bits per heavy atom. The van der Waals surface area contributed by atoms with Gasteiger partial charge in [0.15, 0.2) is 17.5 Å². The van der Waals surface area contributed by atoms with Crippen molar-refractivity contribution in [2.45, 2.75) is 32.1 Å². The second kappa shape index (κ2) is 11.4. The number of nitrogens with zero attached hydrogens (tertiary/aromatic N) is 5. The topological polar surface area (TPSA) is 56.5 Å². The molecule has 5 aromatic carbocycles. The molecule has 0 radical (unpaired) electrons. The number of rotatable bonds is 4. The van der Waals surface area contributed by atoms with Crippen molar-refractivity contribution >= 4 is 59.0 Å². The smallest absolute Gasteiger partial charge is 0.165 e. The highest BCUT2D eigenvalue weighted by Gasteiger charge is 2.38. The molecule has 4 aromatic heterocycles. The maximum absolute atomic E-state index is 5.34. The van der Waals surface area contributed by atoms with Crippen LogP contribution < -0.4 is 0 Å². The highest BCUT2D eigenvalue weighted by Crippen LogP contribution is 2.52. The molecule has 0 saturated carbocycles. The van der Waals surface area contributed by atoms with Gasteiger partial charge in [0.1, 0.15) is 5.65 Å². The van der Waals surface area contributed by atoms with Gasteiger partial charge in [-0.3, -0.25) is 4.57 Å². The third kappa shape index (κ3) is 4.49. The molecule has 252 valence electrons. The van der Waals surface area contributed by atoms with Crippen LogP contribution in [0, 0.1) is 0 Å². The Hall–Kier alpha value is -6.24. The summed E-state index contributed by atoms with van der Waals surface area (Å²) in [6.45, 7) is 4.64. The van der Waals surface area contributed by atoms with Crippen LogP contribution in [0.1, 0.15) is 43.6 Å². The molecule has 53 heavy (non-hydrogen) atoms. The summed E-state index contributed by atoms with van der Waals surface area (Å²) in [5.74, 6) is 2.12. The second-order valence-electron chi connectivity index (χ2n) is 14.5. The SMILES string of the molecule is CC1(C)c2ccccc2-c2cccc(-c3nc(C4=CCCC=C4)nc(-c4cccc5c4sc4cc(-n6c7ccccc7c7cccnc76)ccc45)n3)c21. The lowest BCUT2D eigenvalue weighted by Gasteiger charge is -2.24. The highest BCUT2D eigenvalue weighted by atomic mass is 32.1. The van der Waals surface area contributed by atoms with Crippen LogP contribution in [0.2, 0.25) is 0 Å². The molecule has 2 aliphatic rings. The van der Waals surface area contributed by atoms with E-state index in [1.165, 1.54) is 47.8 Å². The van der Waals surface area contributed by atoms with E-state index >= 15 is 0 Å². The molecule has 0 N–H and O–H groups in total. The summed E-state index contributed by atoms with van der Waals surface area (Å²) in [4.78, 5) is 20.6. The van der Waals surface area contributed by atoms with Crippen molar-refractivity contribution in [3.05, 3.63) is 157 Å². The summed E-state index contributed by atoms with van der Waals surface area (Å²) in [6, 6.07) is 41.4. The van der Waals surface area contributed by atoms with E-state index in [4.69, 9.17) is 19.9 Å². The van der Waals surface area contributed by atoms with Crippen LogP contribution in [0.25, 0.3) is 87.3 Å². The minimum absolute atomic E-state index is 0.200. The fourth-order valence-corrected chi connectivity index (χ4v) is 9.96. The monoisotopic (exact) mass is 699 g/mol. The molecular weight excluding hydrogens is 667 g/mol. The maximum Gasteiger partial charge on any atom is 0.165 e. The van der Waals surface area contributed by atoms with Crippen LogP contribution >= 0.6 is 11.3 Å². The summed E-state index contributed by atoms with van der Waals surface area (Å²) in [5, 5.41) is 4.78. The van der Waals surface area contributed by atoms with E-state index in [0.29, 0.717) is 17.5 Å². The summed E-state index contributed by atoms with van der Waals surface area (Å²) in [5.41, 5.74) is 11.3. The van der Waals surface area contributed by atoms with Crippen LogP contribution in [0.15, 0.2) is 140 Å². The van der Waals surface area contributed by atoms with E-state index in [0.717, 1.165) is 51.8 Å². The average molecular weight is 700 g/mol. The van der Waals surface area contributed by atoms with Gasteiger partial charge in [0.05, 0.1) is 5.52 Å². The molecule has 0 fully saturated rings. The Morgan fingerprint density at radius 1 is 0.623 bits per heavy atom. The molecule has 5 nitrogen and oxygen atoms in total. The molecule has 0 atom stereocenters. The summed E-state index contributed by atoms with van der Waals surface area (Å²) in [7, 11) is 0. The van der Waals surface area contributed by atoms with Gasteiger partial charge < -0.3 is 0 Å². The number of hydrogen-bond acceptors (Lipinski definition) is 5. The highest BCUT2D eigenvalue weighted by molar-refractivity contribution is 7.26. The molecule has 2 aliphatic carbocycles. The third-order valence-electron chi connectivity index (χ3n) is 11.1. The van der Waals surface area contributed by atoms with Crippen molar-refractivity contribution in [3.8, 4) is 39.6 Å². The van der Waals surface area contributed by atoms with Crippen LogP contribution in [0.4, 0.5) is 0 Å². The van der Waals surface area contributed by atoms with E-state index in [-0.39, 0.29) is 5.41 Å². The Kier molecular flexibility index (Phi) is 6.53. The van der Waals surface area contributed by atoms with Gasteiger partial charge in [-0.1, -0.05) is 111 Å². The largest absolute Gasteiger partial charge is 0.294 e. The lowest BCUT2D eigenvalue weighted by atomic mass is 9.80. The predicted molar refractivity (Wildman–Crippen MR) is 220 cm³/mol. The molecule has 0 bridgehead atoms. The molecule has 9 aromatic rings. The predicted octanol–water partition coefficient (Wildman–Crippen LogP) is 12.1. The number of aromatic nitrogens is 5. The first-order valence-electron chi connectivity index (χ1n) is 18.2. The van der Waals surface area contributed by atoms with Crippen LogP contribution in [-0.2, 0) is 5.41 Å². The molecule has 0 saturated heterocycles. The van der Waals surface area contributed by atoms with Gasteiger partial charge in [0.25, 0.3) is 0 Å². The maximum atomic E-state index is 5.34. The van der Waals surface area contributed by atoms with Crippen molar-refractivity contribution in [1.29, 1.82) is 0 Å². The zero-order chi connectivity index (χ0) is 35.3. The Bertz CT molecular complexity index is 3000. The molecule has 0 amide bonds. The summed E-state index contributed by atoms with van der Waals surface area (Å²) in [6.07, 6.45) is 10.5. The first-order valence-corrected chi connectivity index (χ1v) is 19.0. The lowest BCUT2D eigenvalue weighted by Crippen LogP contribution is -2.17. The number of fused-ring (bicyclic) bond motifs is 9. The zero-order valence-corrected chi connectivity index (χ0v) is 30.2. The zero-order valence-electron chi connectivity index (χ0n) is 29.3. The quantitative estimate of drug-likeness (QED) is 0.183. The van der Waals surface area contributed by atoms with Crippen LogP contribution in [-0.4, -0.2) is 24.5 Å². The molecule has 0 spiro atoms. The van der Waals surface area contributed by atoms with Gasteiger partial charge in [0, 0.05) is 64.9 Å². The van der Waals surface area contributed by atoms with E-state index < -0.39 is 0 Å². The van der Waals surface area contributed by atoms with Crippen molar-refractivity contribution in [2.24, 2.45) is 0 Å². The molecule has 4 heterocycles. The van der Waals surface area contributed by atoms with Gasteiger partial charge in [-0.2, -0.15) is 0 Å². The first-order chi connectivity index (χ1) is 26.0. The van der Waals surface area contributed by atoms with Crippen LogP contribution in [0.3, 0.4) is 0 Å². The average Bonchev–Trinajstić information content (AvgIpc) is 3.83. The van der Waals surface area contributed by atoms with Crippen molar-refractivity contribution < 1.29 is 0 Å². The van der Waals surface area contributed by atoms with E-state index in [1.54, 1.807) is 11.3 Å². The standard InChI is InChI=1S/C47H33N5S/c1-47(2)38-22-8-6-15-30(38)33-17-10-19-36(41(33)47)44-49-43(28-13-4-3-5-14-28)50-45(51-44)37-20-11-18-34-32-25-24-29(27-40(32)53-42(34)37)52-39-23-9-7-16-31(39)35-21-12-26-48-46(35)52/h4,6-27H,3,5H2,1-2H3. The Labute approximate surface area is 310 Å².